The summed E-state index contributed by atoms with van der Waals surface area (Å²) in [5.74, 6) is -0.705. The number of hydrogen-bond acceptors (Lipinski definition) is 6. The van der Waals surface area contributed by atoms with E-state index in [1.54, 1.807) is 24.3 Å². The van der Waals surface area contributed by atoms with E-state index in [-0.39, 0.29) is 22.2 Å². The third-order valence-corrected chi connectivity index (χ3v) is 3.45. The maximum atomic E-state index is 12.4. The van der Waals surface area contributed by atoms with Crippen molar-refractivity contribution < 1.29 is 18.0 Å². The van der Waals surface area contributed by atoms with E-state index in [1.807, 2.05) is 0 Å². The molecule has 2 aromatic heterocycles. The number of nitrogens with one attached hydrogen (secondary N) is 1. The number of para-hydroxylation sites is 2. The normalized spacial score (nSPS) is 11.6. The van der Waals surface area contributed by atoms with E-state index in [0.29, 0.717) is 11.0 Å². The maximum absolute atomic E-state index is 12.4. The van der Waals surface area contributed by atoms with E-state index < -0.39 is 17.1 Å². The van der Waals surface area contributed by atoms with Gasteiger partial charge in [0.25, 0.3) is 5.91 Å². The van der Waals surface area contributed by atoms with Crippen molar-refractivity contribution in [3.05, 3.63) is 41.2 Å². The number of carbonyl (C=O) groups excluding carboxylic acids is 1. The topological polar surface area (TPSA) is 80.7 Å². The highest BCUT2D eigenvalue weighted by molar-refractivity contribution is 7.15. The molecule has 0 aliphatic carbocycles. The van der Waals surface area contributed by atoms with E-state index in [9.17, 15) is 18.0 Å². The molecule has 0 fully saturated rings. The Morgan fingerprint density at radius 2 is 1.86 bits per heavy atom. The molecular weight excluding hydrogens is 319 g/mol. The molecule has 0 aliphatic heterocycles. The zero-order chi connectivity index (χ0) is 15.7. The molecule has 6 nitrogen and oxygen atoms in total. The fraction of sp³-hybridized carbons (Fsp3) is 0.0833. The summed E-state index contributed by atoms with van der Waals surface area (Å²) in [6.45, 7) is 0. The van der Waals surface area contributed by atoms with Crippen LogP contribution in [0.1, 0.15) is 15.5 Å². The van der Waals surface area contributed by atoms with Crippen molar-refractivity contribution in [3.63, 3.8) is 0 Å². The lowest BCUT2D eigenvalue weighted by atomic mass is 10.3. The largest absolute Gasteiger partial charge is 0.445 e. The first kappa shape index (κ1) is 14.3. The molecule has 0 radical (unpaired) electrons. The van der Waals surface area contributed by atoms with Crippen molar-refractivity contribution in [3.8, 4) is 0 Å². The third-order valence-electron chi connectivity index (χ3n) is 2.57. The fourth-order valence-corrected chi connectivity index (χ4v) is 2.22. The van der Waals surface area contributed by atoms with Gasteiger partial charge in [0.05, 0.1) is 17.2 Å². The van der Waals surface area contributed by atoms with Gasteiger partial charge >= 0.3 is 6.18 Å². The molecule has 10 heteroatoms. The lowest BCUT2D eigenvalue weighted by Crippen LogP contribution is -2.14. The van der Waals surface area contributed by atoms with Crippen LogP contribution in [0.15, 0.2) is 30.5 Å². The van der Waals surface area contributed by atoms with Gasteiger partial charge in [0.1, 0.15) is 5.69 Å². The molecule has 1 aromatic carbocycles. The van der Waals surface area contributed by atoms with Crippen LogP contribution >= 0.6 is 11.3 Å². The van der Waals surface area contributed by atoms with Crippen LogP contribution in [0.2, 0.25) is 0 Å². The standard InChI is InChI=1S/C12H6F3N5OS/c13-12(14,15)10-19-20-11(22-10)18-9(21)8-5-16-6-3-1-2-4-7(6)17-8/h1-5H,(H,18,20,21). The number of fused-ring (bicyclic) bond motifs is 1. The predicted molar refractivity (Wildman–Crippen MR) is 72.4 cm³/mol. The Balaban J connectivity index is 1.82. The van der Waals surface area contributed by atoms with E-state index in [2.05, 4.69) is 25.5 Å². The van der Waals surface area contributed by atoms with E-state index in [4.69, 9.17) is 0 Å². The summed E-state index contributed by atoms with van der Waals surface area (Å²) >= 11 is 0.239. The van der Waals surface area contributed by atoms with Crippen molar-refractivity contribution in [1.82, 2.24) is 20.2 Å². The van der Waals surface area contributed by atoms with Gasteiger partial charge in [-0.2, -0.15) is 13.2 Å². The van der Waals surface area contributed by atoms with Crippen molar-refractivity contribution >= 4 is 33.4 Å². The molecule has 0 atom stereocenters. The highest BCUT2D eigenvalue weighted by atomic mass is 32.1. The number of alkyl halides is 3. The number of halogens is 3. The van der Waals surface area contributed by atoms with Gasteiger partial charge in [-0.15, -0.1) is 10.2 Å². The van der Waals surface area contributed by atoms with Crippen LogP contribution in [-0.2, 0) is 6.18 Å². The van der Waals surface area contributed by atoms with Crippen LogP contribution in [-0.4, -0.2) is 26.1 Å². The lowest BCUT2D eigenvalue weighted by Gasteiger charge is -2.02. The molecule has 0 aliphatic rings. The first-order chi connectivity index (χ1) is 10.4. The fourth-order valence-electron chi connectivity index (χ4n) is 1.62. The highest BCUT2D eigenvalue weighted by Crippen LogP contribution is 2.33. The minimum atomic E-state index is -4.59. The zero-order valence-corrected chi connectivity index (χ0v) is 11.4. The molecule has 3 rings (SSSR count). The Morgan fingerprint density at radius 3 is 2.55 bits per heavy atom. The van der Waals surface area contributed by atoms with Crippen molar-refractivity contribution in [2.45, 2.75) is 6.18 Å². The van der Waals surface area contributed by atoms with Crippen LogP contribution in [0, 0.1) is 0 Å². The monoisotopic (exact) mass is 325 g/mol. The molecular formula is C12H6F3N5OS. The third kappa shape index (κ3) is 2.86. The van der Waals surface area contributed by atoms with Crippen molar-refractivity contribution in [2.75, 3.05) is 5.32 Å². The van der Waals surface area contributed by atoms with Crippen LogP contribution in [0.5, 0.6) is 0 Å². The van der Waals surface area contributed by atoms with Crippen LogP contribution in [0.25, 0.3) is 11.0 Å². The molecule has 0 unspecified atom stereocenters. The first-order valence-electron chi connectivity index (χ1n) is 5.87. The zero-order valence-electron chi connectivity index (χ0n) is 10.6. The molecule has 1 N–H and O–H groups in total. The van der Waals surface area contributed by atoms with E-state index >= 15 is 0 Å². The minimum absolute atomic E-state index is 0.0255. The quantitative estimate of drug-likeness (QED) is 0.783. The van der Waals surface area contributed by atoms with Gasteiger partial charge in [-0.05, 0) is 12.1 Å². The summed E-state index contributed by atoms with van der Waals surface area (Å²) in [4.78, 5) is 20.1. The van der Waals surface area contributed by atoms with Gasteiger partial charge in [0.15, 0.2) is 0 Å². The number of hydrogen-bond donors (Lipinski definition) is 1. The molecule has 22 heavy (non-hydrogen) atoms. The SMILES string of the molecule is O=C(Nc1nnc(C(F)(F)F)s1)c1cnc2ccccc2n1. The summed E-state index contributed by atoms with van der Waals surface area (Å²) in [5, 5.41) is 7.09. The lowest BCUT2D eigenvalue weighted by molar-refractivity contribution is -0.138. The Morgan fingerprint density at radius 1 is 1.14 bits per heavy atom. The van der Waals surface area contributed by atoms with Crippen LogP contribution in [0.3, 0.4) is 0 Å². The molecule has 0 spiro atoms. The van der Waals surface area contributed by atoms with Crippen molar-refractivity contribution in [1.29, 1.82) is 0 Å². The average molecular weight is 325 g/mol. The van der Waals surface area contributed by atoms with Gasteiger partial charge in [-0.3, -0.25) is 15.1 Å². The van der Waals surface area contributed by atoms with Gasteiger partial charge < -0.3 is 0 Å². The van der Waals surface area contributed by atoms with E-state index in [1.165, 1.54) is 6.20 Å². The van der Waals surface area contributed by atoms with Gasteiger partial charge in [0.2, 0.25) is 10.1 Å². The van der Waals surface area contributed by atoms with Crippen LogP contribution in [0.4, 0.5) is 18.3 Å². The van der Waals surface area contributed by atoms with E-state index in [0.717, 1.165) is 0 Å². The molecule has 0 saturated heterocycles. The summed E-state index contributed by atoms with van der Waals surface area (Å²) in [6, 6.07) is 6.91. The highest BCUT2D eigenvalue weighted by Gasteiger charge is 2.35. The Bertz CT molecular complexity index is 848. The first-order valence-corrected chi connectivity index (χ1v) is 6.69. The second-order valence-corrected chi connectivity index (χ2v) is 5.09. The van der Waals surface area contributed by atoms with Gasteiger partial charge in [0, 0.05) is 0 Å². The maximum Gasteiger partial charge on any atom is 0.445 e. The minimum Gasteiger partial charge on any atom is -0.295 e. The molecule has 3 aromatic rings. The summed E-state index contributed by atoms with van der Waals surface area (Å²) < 4.78 is 37.2. The second-order valence-electron chi connectivity index (χ2n) is 4.11. The molecule has 1 amide bonds. The Hall–Kier alpha value is -2.62. The second kappa shape index (κ2) is 5.30. The Kier molecular flexibility index (Phi) is 3.45. The average Bonchev–Trinajstić information content (AvgIpc) is 2.95. The summed E-state index contributed by atoms with van der Waals surface area (Å²) in [5.41, 5.74) is 1.08. The smallest absolute Gasteiger partial charge is 0.295 e. The van der Waals surface area contributed by atoms with Gasteiger partial charge in [-0.1, -0.05) is 23.5 Å². The molecule has 0 bridgehead atoms. The van der Waals surface area contributed by atoms with Crippen molar-refractivity contribution in [2.24, 2.45) is 0 Å². The number of carbonyl (C=O) groups is 1. The number of amides is 1. The predicted octanol–water partition coefficient (Wildman–Crippen LogP) is 2.75. The van der Waals surface area contributed by atoms with Crippen LogP contribution < -0.4 is 5.32 Å². The molecule has 0 saturated carbocycles. The number of aromatic nitrogens is 4. The number of nitrogens with zero attached hydrogens (tertiary/aromatic N) is 4. The summed E-state index contributed by atoms with van der Waals surface area (Å²) in [7, 11) is 0. The molecule has 2 heterocycles. The number of rotatable bonds is 2. The number of anilines is 1. The number of benzene rings is 1. The van der Waals surface area contributed by atoms with Gasteiger partial charge in [-0.25, -0.2) is 4.98 Å². The molecule has 112 valence electrons. The Labute approximate surface area is 125 Å². The summed E-state index contributed by atoms with van der Waals surface area (Å²) in [6.07, 6.45) is -3.35.